The molecule has 7 heteroatoms. The van der Waals surface area contributed by atoms with Crippen LogP contribution in [-0.2, 0) is 9.53 Å². The standard InChI is InChI=1S/C22H28ClN3O3/c1-22(2)10-13-8-15(11-22)26(12-13)7-6-18(27)25-19-16-9-14(23)4-5-17(16)24-20(19)21(28)29-3/h4-5,9,13,15,24H,6-8,10-12H2,1-3H3,(H,25,27)/t13-,15+/m0/s1. The minimum atomic E-state index is -0.525. The van der Waals surface area contributed by atoms with Crippen LogP contribution < -0.4 is 5.32 Å². The van der Waals surface area contributed by atoms with E-state index < -0.39 is 5.97 Å². The number of likely N-dealkylation sites (tertiary alicyclic amines) is 1. The van der Waals surface area contributed by atoms with E-state index in [-0.39, 0.29) is 11.6 Å². The SMILES string of the molecule is COC(=O)c1[nH]c2ccc(Cl)cc2c1NC(=O)CCN1C[C@H]2C[C@@H]1CC(C)(C)C2. The molecule has 2 heterocycles. The van der Waals surface area contributed by atoms with Gasteiger partial charge in [0.15, 0.2) is 0 Å². The predicted octanol–water partition coefficient (Wildman–Crippen LogP) is 4.45. The topological polar surface area (TPSA) is 74.4 Å². The number of carbonyl (C=O) groups excluding carboxylic acids is 2. The molecule has 1 saturated heterocycles. The molecule has 29 heavy (non-hydrogen) atoms. The van der Waals surface area contributed by atoms with E-state index in [9.17, 15) is 9.59 Å². The molecule has 156 valence electrons. The van der Waals surface area contributed by atoms with E-state index in [1.807, 2.05) is 0 Å². The van der Waals surface area contributed by atoms with Crippen molar-refractivity contribution in [2.75, 3.05) is 25.5 Å². The highest BCUT2D eigenvalue weighted by molar-refractivity contribution is 6.31. The molecule has 2 fully saturated rings. The number of anilines is 1. The third kappa shape index (κ3) is 4.14. The van der Waals surface area contributed by atoms with Crippen molar-refractivity contribution in [2.24, 2.45) is 11.3 Å². The van der Waals surface area contributed by atoms with Gasteiger partial charge in [0.1, 0.15) is 5.69 Å². The van der Waals surface area contributed by atoms with Crippen LogP contribution in [0.1, 0.15) is 50.0 Å². The Hall–Kier alpha value is -2.05. The molecule has 2 atom stereocenters. The molecule has 2 bridgehead atoms. The fourth-order valence-corrected chi connectivity index (χ4v) is 5.39. The monoisotopic (exact) mass is 417 g/mol. The molecular weight excluding hydrogens is 390 g/mol. The van der Waals surface area contributed by atoms with Gasteiger partial charge in [0.05, 0.1) is 12.8 Å². The second kappa shape index (κ2) is 7.65. The Morgan fingerprint density at radius 3 is 2.90 bits per heavy atom. The number of benzene rings is 1. The summed E-state index contributed by atoms with van der Waals surface area (Å²) in [5.41, 5.74) is 1.78. The Balaban J connectivity index is 1.47. The second-order valence-corrected chi connectivity index (χ2v) is 9.61. The lowest BCUT2D eigenvalue weighted by Crippen LogP contribution is -2.35. The maximum absolute atomic E-state index is 12.7. The molecule has 0 spiro atoms. The van der Waals surface area contributed by atoms with Crippen molar-refractivity contribution in [3.63, 3.8) is 0 Å². The van der Waals surface area contributed by atoms with Crippen LogP contribution in [0.15, 0.2) is 18.2 Å². The highest BCUT2D eigenvalue weighted by Gasteiger charge is 2.42. The van der Waals surface area contributed by atoms with Crippen LogP contribution in [0, 0.1) is 11.3 Å². The minimum Gasteiger partial charge on any atom is -0.464 e. The van der Waals surface area contributed by atoms with E-state index in [2.05, 4.69) is 29.0 Å². The third-order valence-corrected chi connectivity index (χ3v) is 6.52. The minimum absolute atomic E-state index is 0.114. The number of rotatable bonds is 5. The van der Waals surface area contributed by atoms with Crippen LogP contribution in [0.3, 0.4) is 0 Å². The molecule has 2 aliphatic rings. The van der Waals surface area contributed by atoms with E-state index >= 15 is 0 Å². The number of H-pyrrole nitrogens is 1. The Morgan fingerprint density at radius 2 is 2.14 bits per heavy atom. The lowest BCUT2D eigenvalue weighted by molar-refractivity contribution is -0.116. The normalized spacial score (nSPS) is 23.3. The molecule has 1 aliphatic heterocycles. The first kappa shape index (κ1) is 20.2. The van der Waals surface area contributed by atoms with Gasteiger partial charge in [-0.1, -0.05) is 25.4 Å². The van der Waals surface area contributed by atoms with Crippen molar-refractivity contribution >= 4 is 40.1 Å². The summed E-state index contributed by atoms with van der Waals surface area (Å²) in [5.74, 6) is 0.105. The summed E-state index contributed by atoms with van der Waals surface area (Å²) in [5, 5.41) is 4.16. The molecule has 6 nitrogen and oxygen atoms in total. The average molecular weight is 418 g/mol. The van der Waals surface area contributed by atoms with Crippen LogP contribution in [-0.4, -0.2) is 48.0 Å². The van der Waals surface area contributed by atoms with Crippen molar-refractivity contribution in [3.05, 3.63) is 28.9 Å². The van der Waals surface area contributed by atoms with Gasteiger partial charge in [0, 0.05) is 41.5 Å². The Morgan fingerprint density at radius 1 is 1.34 bits per heavy atom. The molecule has 0 radical (unpaired) electrons. The highest BCUT2D eigenvalue weighted by Crippen LogP contribution is 2.45. The molecule has 1 aromatic heterocycles. The number of nitrogens with one attached hydrogen (secondary N) is 2. The molecule has 2 N–H and O–H groups in total. The highest BCUT2D eigenvalue weighted by atomic mass is 35.5. The lowest BCUT2D eigenvalue weighted by Gasteiger charge is -2.35. The fraction of sp³-hybridized carbons (Fsp3) is 0.545. The number of hydrogen-bond acceptors (Lipinski definition) is 4. The van der Waals surface area contributed by atoms with Crippen LogP contribution >= 0.6 is 11.6 Å². The van der Waals surface area contributed by atoms with Gasteiger partial charge in [-0.15, -0.1) is 0 Å². The number of esters is 1. The number of aromatic nitrogens is 1. The number of amides is 1. The smallest absolute Gasteiger partial charge is 0.356 e. The van der Waals surface area contributed by atoms with E-state index in [4.69, 9.17) is 16.3 Å². The molecule has 1 aromatic carbocycles. The van der Waals surface area contributed by atoms with Crippen LogP contribution in [0.25, 0.3) is 10.9 Å². The van der Waals surface area contributed by atoms with Gasteiger partial charge in [-0.2, -0.15) is 0 Å². The van der Waals surface area contributed by atoms with E-state index in [0.717, 1.165) is 24.5 Å². The predicted molar refractivity (Wildman–Crippen MR) is 114 cm³/mol. The Kier molecular flexibility index (Phi) is 5.34. The number of methoxy groups -OCH3 is 1. The first-order valence-electron chi connectivity index (χ1n) is 10.2. The number of nitrogens with zero attached hydrogens (tertiary/aromatic N) is 1. The van der Waals surface area contributed by atoms with E-state index in [1.54, 1.807) is 18.2 Å². The van der Waals surface area contributed by atoms with Gasteiger partial charge >= 0.3 is 5.97 Å². The van der Waals surface area contributed by atoms with Crippen LogP contribution in [0.4, 0.5) is 5.69 Å². The molecule has 1 amide bonds. The van der Waals surface area contributed by atoms with Crippen molar-refractivity contribution in [3.8, 4) is 0 Å². The Labute approximate surface area is 175 Å². The summed E-state index contributed by atoms with van der Waals surface area (Å²) >= 11 is 6.12. The number of ether oxygens (including phenoxy) is 1. The van der Waals surface area contributed by atoms with Crippen molar-refractivity contribution < 1.29 is 14.3 Å². The summed E-state index contributed by atoms with van der Waals surface area (Å²) in [6, 6.07) is 5.83. The number of halogens is 1. The maximum atomic E-state index is 12.7. The summed E-state index contributed by atoms with van der Waals surface area (Å²) in [4.78, 5) is 30.4. The van der Waals surface area contributed by atoms with Crippen molar-refractivity contribution in [2.45, 2.75) is 45.6 Å². The quantitative estimate of drug-likeness (QED) is 0.705. The van der Waals surface area contributed by atoms with Crippen molar-refractivity contribution in [1.82, 2.24) is 9.88 Å². The number of hydrogen-bond donors (Lipinski definition) is 2. The van der Waals surface area contributed by atoms with Gasteiger partial charge in [0.2, 0.25) is 5.91 Å². The molecular formula is C22H28ClN3O3. The van der Waals surface area contributed by atoms with Crippen molar-refractivity contribution in [1.29, 1.82) is 0 Å². The maximum Gasteiger partial charge on any atom is 0.356 e. The average Bonchev–Trinajstić information content (AvgIpc) is 3.15. The third-order valence-electron chi connectivity index (χ3n) is 6.28. The van der Waals surface area contributed by atoms with Crippen LogP contribution in [0.2, 0.25) is 5.02 Å². The summed E-state index contributed by atoms with van der Waals surface area (Å²) in [6.07, 6.45) is 4.10. The van der Waals surface area contributed by atoms with E-state index in [0.29, 0.717) is 34.0 Å². The molecule has 0 unspecified atom stereocenters. The number of carbonyl (C=O) groups is 2. The first-order chi connectivity index (χ1) is 13.8. The second-order valence-electron chi connectivity index (χ2n) is 9.18. The van der Waals surface area contributed by atoms with Gasteiger partial charge in [0.25, 0.3) is 0 Å². The molecule has 4 rings (SSSR count). The summed E-state index contributed by atoms with van der Waals surface area (Å²) < 4.78 is 4.86. The zero-order valence-electron chi connectivity index (χ0n) is 17.2. The van der Waals surface area contributed by atoms with Gasteiger partial charge in [-0.05, 0) is 48.8 Å². The lowest BCUT2D eigenvalue weighted by atomic mass is 9.72. The molecule has 1 saturated carbocycles. The number of fused-ring (bicyclic) bond motifs is 3. The van der Waals surface area contributed by atoms with E-state index in [1.165, 1.54) is 26.4 Å². The van der Waals surface area contributed by atoms with Crippen LogP contribution in [0.5, 0.6) is 0 Å². The van der Waals surface area contributed by atoms with Gasteiger partial charge in [-0.25, -0.2) is 4.79 Å². The molecule has 2 aromatic rings. The van der Waals surface area contributed by atoms with Gasteiger partial charge < -0.3 is 15.0 Å². The molecule has 1 aliphatic carbocycles. The Bertz CT molecular complexity index is 952. The zero-order chi connectivity index (χ0) is 20.8. The van der Waals surface area contributed by atoms with Gasteiger partial charge in [-0.3, -0.25) is 9.69 Å². The number of aromatic amines is 1. The zero-order valence-corrected chi connectivity index (χ0v) is 17.9. The first-order valence-corrected chi connectivity index (χ1v) is 10.6. The fourth-order valence-electron chi connectivity index (χ4n) is 5.22. The summed E-state index contributed by atoms with van der Waals surface area (Å²) in [6.45, 7) is 6.51. The summed E-state index contributed by atoms with van der Waals surface area (Å²) in [7, 11) is 1.32. The largest absolute Gasteiger partial charge is 0.464 e.